The maximum Gasteiger partial charge on any atom is 0.263 e. The average Bonchev–Trinajstić information content (AvgIpc) is 2.81. The lowest BCUT2D eigenvalue weighted by atomic mass is 9.49. The normalized spacial score (nSPS) is 38.1. The van der Waals surface area contributed by atoms with Crippen LogP contribution in [-0.4, -0.2) is 12.5 Å². The summed E-state index contributed by atoms with van der Waals surface area (Å²) >= 11 is 1.44. The third-order valence-corrected chi connectivity index (χ3v) is 6.62. The van der Waals surface area contributed by atoms with Crippen molar-refractivity contribution < 1.29 is 4.79 Å². The van der Waals surface area contributed by atoms with Crippen molar-refractivity contribution in [2.75, 3.05) is 12.3 Å². The second-order valence-electron chi connectivity index (χ2n) is 7.31. The van der Waals surface area contributed by atoms with Crippen molar-refractivity contribution in [1.82, 2.24) is 5.32 Å². The SMILES string of the molecule is Nc1ccsc1C(=O)NCC12CC3CC(CC(C3)C1)C2. The molecule has 0 spiro atoms. The average molecular weight is 290 g/mol. The lowest BCUT2D eigenvalue weighted by Gasteiger charge is -2.56. The summed E-state index contributed by atoms with van der Waals surface area (Å²) in [6.07, 6.45) is 8.35. The van der Waals surface area contributed by atoms with E-state index >= 15 is 0 Å². The van der Waals surface area contributed by atoms with Crippen LogP contribution in [0.1, 0.15) is 48.2 Å². The molecule has 0 saturated heterocycles. The number of amides is 1. The molecule has 1 heterocycles. The van der Waals surface area contributed by atoms with Gasteiger partial charge in [-0.1, -0.05) is 0 Å². The van der Waals surface area contributed by atoms with Gasteiger partial charge in [0.05, 0.1) is 5.69 Å². The predicted octanol–water partition coefficient (Wildman–Crippen LogP) is 3.28. The molecule has 5 rings (SSSR count). The second kappa shape index (κ2) is 4.48. The van der Waals surface area contributed by atoms with Crippen LogP contribution in [0.3, 0.4) is 0 Å². The van der Waals surface area contributed by atoms with Gasteiger partial charge in [-0.2, -0.15) is 0 Å². The first kappa shape index (κ1) is 12.7. The van der Waals surface area contributed by atoms with E-state index in [1.54, 1.807) is 0 Å². The van der Waals surface area contributed by atoms with E-state index in [-0.39, 0.29) is 5.91 Å². The zero-order valence-electron chi connectivity index (χ0n) is 11.7. The maximum atomic E-state index is 12.2. The van der Waals surface area contributed by atoms with E-state index in [4.69, 9.17) is 5.73 Å². The van der Waals surface area contributed by atoms with E-state index in [0.29, 0.717) is 16.0 Å². The summed E-state index contributed by atoms with van der Waals surface area (Å²) in [4.78, 5) is 12.9. The van der Waals surface area contributed by atoms with Gasteiger partial charge in [-0.05, 0) is 73.1 Å². The van der Waals surface area contributed by atoms with Crippen molar-refractivity contribution in [3.05, 3.63) is 16.3 Å². The topological polar surface area (TPSA) is 55.1 Å². The van der Waals surface area contributed by atoms with Crippen molar-refractivity contribution >= 4 is 22.9 Å². The van der Waals surface area contributed by atoms with Gasteiger partial charge < -0.3 is 11.1 Å². The Balaban J connectivity index is 1.45. The van der Waals surface area contributed by atoms with Crippen LogP contribution < -0.4 is 11.1 Å². The Morgan fingerprint density at radius 2 is 1.85 bits per heavy atom. The lowest BCUT2D eigenvalue weighted by molar-refractivity contribution is -0.0503. The van der Waals surface area contributed by atoms with Gasteiger partial charge in [-0.15, -0.1) is 11.3 Å². The number of nitrogens with two attached hydrogens (primary N) is 1. The fourth-order valence-corrected chi connectivity index (χ4v) is 6.09. The zero-order valence-corrected chi connectivity index (χ0v) is 12.5. The Bertz CT molecular complexity index is 501. The maximum absolute atomic E-state index is 12.2. The molecule has 0 atom stereocenters. The molecule has 0 radical (unpaired) electrons. The van der Waals surface area contributed by atoms with Gasteiger partial charge in [0.2, 0.25) is 0 Å². The standard InChI is InChI=1S/C16H22N2OS/c17-13-1-2-20-14(13)15(19)18-9-16-6-10-3-11(7-16)5-12(4-10)8-16/h1-2,10-12H,3-9,17H2,(H,18,19). The third-order valence-electron chi connectivity index (χ3n) is 5.69. The van der Waals surface area contributed by atoms with Crippen molar-refractivity contribution in [2.24, 2.45) is 23.2 Å². The number of anilines is 1. The summed E-state index contributed by atoms with van der Waals surface area (Å²) in [5.41, 5.74) is 6.84. The molecule has 1 amide bonds. The highest BCUT2D eigenvalue weighted by atomic mass is 32.1. The van der Waals surface area contributed by atoms with Gasteiger partial charge in [0.15, 0.2) is 0 Å². The second-order valence-corrected chi connectivity index (χ2v) is 8.22. The molecule has 1 aromatic heterocycles. The Kier molecular flexibility index (Phi) is 2.85. The minimum absolute atomic E-state index is 0.0215. The van der Waals surface area contributed by atoms with Crippen molar-refractivity contribution in [1.29, 1.82) is 0 Å². The fourth-order valence-electron chi connectivity index (χ4n) is 5.36. The van der Waals surface area contributed by atoms with Crippen LogP contribution in [0.4, 0.5) is 5.69 Å². The minimum Gasteiger partial charge on any atom is -0.397 e. The number of hydrogen-bond donors (Lipinski definition) is 2. The molecular formula is C16H22N2OS. The third kappa shape index (κ3) is 2.05. The summed E-state index contributed by atoms with van der Waals surface area (Å²) in [6.45, 7) is 0.854. The van der Waals surface area contributed by atoms with Gasteiger partial charge in [0.1, 0.15) is 4.88 Å². The van der Waals surface area contributed by atoms with Crippen LogP contribution in [0.2, 0.25) is 0 Å². The van der Waals surface area contributed by atoms with Gasteiger partial charge in [0, 0.05) is 6.54 Å². The molecule has 3 N–H and O–H groups in total. The highest BCUT2D eigenvalue weighted by Crippen LogP contribution is 2.59. The summed E-state index contributed by atoms with van der Waals surface area (Å²) in [5, 5.41) is 5.06. The van der Waals surface area contributed by atoms with Gasteiger partial charge in [-0.3, -0.25) is 4.79 Å². The molecule has 4 bridgehead atoms. The van der Waals surface area contributed by atoms with Crippen molar-refractivity contribution in [3.8, 4) is 0 Å². The molecule has 0 unspecified atom stereocenters. The van der Waals surface area contributed by atoms with Gasteiger partial charge >= 0.3 is 0 Å². The van der Waals surface area contributed by atoms with E-state index in [9.17, 15) is 4.79 Å². The molecule has 3 nitrogen and oxygen atoms in total. The number of nitrogens with one attached hydrogen (secondary N) is 1. The van der Waals surface area contributed by atoms with Crippen LogP contribution in [0.25, 0.3) is 0 Å². The quantitative estimate of drug-likeness (QED) is 0.897. The molecule has 4 aliphatic carbocycles. The molecule has 108 valence electrons. The lowest BCUT2D eigenvalue weighted by Crippen LogP contribution is -2.51. The molecule has 1 aromatic rings. The number of thiophene rings is 1. The van der Waals surface area contributed by atoms with E-state index < -0.39 is 0 Å². The minimum atomic E-state index is 0.0215. The summed E-state index contributed by atoms with van der Waals surface area (Å²) in [5.74, 6) is 2.83. The van der Waals surface area contributed by atoms with Gasteiger partial charge in [0.25, 0.3) is 5.91 Å². The summed E-state index contributed by atoms with van der Waals surface area (Å²) < 4.78 is 0. The van der Waals surface area contributed by atoms with Crippen LogP contribution in [0.15, 0.2) is 11.4 Å². The predicted molar refractivity (Wildman–Crippen MR) is 81.7 cm³/mol. The first-order valence-corrected chi connectivity index (χ1v) is 8.63. The van der Waals surface area contributed by atoms with Crippen LogP contribution in [-0.2, 0) is 0 Å². The number of nitrogen functional groups attached to an aromatic ring is 1. The number of hydrogen-bond acceptors (Lipinski definition) is 3. The Hall–Kier alpha value is -1.03. The number of carbonyl (C=O) groups excluding carboxylic acids is 1. The summed E-state index contributed by atoms with van der Waals surface area (Å²) in [7, 11) is 0. The Morgan fingerprint density at radius 1 is 1.25 bits per heavy atom. The molecule has 0 aromatic carbocycles. The molecule has 4 heteroatoms. The molecule has 4 aliphatic rings. The Labute approximate surface area is 123 Å². The van der Waals surface area contributed by atoms with Crippen LogP contribution >= 0.6 is 11.3 Å². The largest absolute Gasteiger partial charge is 0.397 e. The monoisotopic (exact) mass is 290 g/mol. The Morgan fingerprint density at radius 3 is 2.35 bits per heavy atom. The highest BCUT2D eigenvalue weighted by Gasteiger charge is 2.50. The van der Waals surface area contributed by atoms with Crippen molar-refractivity contribution in [2.45, 2.75) is 38.5 Å². The van der Waals surface area contributed by atoms with E-state index in [0.717, 1.165) is 24.3 Å². The summed E-state index contributed by atoms with van der Waals surface area (Å²) in [6, 6.07) is 1.81. The first-order valence-electron chi connectivity index (χ1n) is 7.75. The zero-order chi connectivity index (χ0) is 13.7. The van der Waals surface area contributed by atoms with E-state index in [1.807, 2.05) is 11.4 Å². The molecule has 20 heavy (non-hydrogen) atoms. The molecule has 0 aliphatic heterocycles. The van der Waals surface area contributed by atoms with E-state index in [2.05, 4.69) is 5.32 Å². The fraction of sp³-hybridized carbons (Fsp3) is 0.688. The molecule has 4 saturated carbocycles. The number of rotatable bonds is 3. The van der Waals surface area contributed by atoms with Gasteiger partial charge in [-0.25, -0.2) is 0 Å². The smallest absolute Gasteiger partial charge is 0.263 e. The van der Waals surface area contributed by atoms with Crippen LogP contribution in [0.5, 0.6) is 0 Å². The van der Waals surface area contributed by atoms with Crippen LogP contribution in [0, 0.1) is 23.2 Å². The first-order chi connectivity index (χ1) is 9.63. The number of carbonyl (C=O) groups is 1. The molecular weight excluding hydrogens is 268 g/mol. The highest BCUT2D eigenvalue weighted by molar-refractivity contribution is 7.12. The van der Waals surface area contributed by atoms with E-state index in [1.165, 1.54) is 49.9 Å². The molecule has 4 fully saturated rings. The van der Waals surface area contributed by atoms with Crippen molar-refractivity contribution in [3.63, 3.8) is 0 Å².